The number of halogens is 1. The van der Waals surface area contributed by atoms with Gasteiger partial charge in [-0.1, -0.05) is 41.9 Å². The zero-order valence-electron chi connectivity index (χ0n) is 17.2. The minimum absolute atomic E-state index is 0.0633. The largest absolute Gasteiger partial charge is 0.618 e. The van der Waals surface area contributed by atoms with E-state index in [9.17, 15) is 14.8 Å². The number of ketones is 1. The number of carbonyl (C=O) groups excluding carboxylic acids is 2. The molecule has 8 heteroatoms. The summed E-state index contributed by atoms with van der Waals surface area (Å²) in [6.45, 7) is -0.0633. The van der Waals surface area contributed by atoms with Crippen LogP contribution in [0.2, 0.25) is 5.02 Å². The molecular weight excluding hydrogens is 428 g/mol. The van der Waals surface area contributed by atoms with E-state index in [1.165, 1.54) is 6.20 Å². The van der Waals surface area contributed by atoms with E-state index in [4.69, 9.17) is 11.6 Å². The molecule has 2 heterocycles. The number of benzene rings is 2. The molecule has 0 bridgehead atoms. The molecule has 7 nitrogen and oxygen atoms in total. The van der Waals surface area contributed by atoms with Crippen molar-refractivity contribution in [3.63, 3.8) is 0 Å². The third kappa shape index (κ3) is 4.38. The lowest BCUT2D eigenvalue weighted by molar-refractivity contribution is -0.577. The van der Waals surface area contributed by atoms with Crippen LogP contribution >= 0.6 is 11.6 Å². The summed E-state index contributed by atoms with van der Waals surface area (Å²) in [5.41, 5.74) is 2.25. The number of hydrogen-bond donors (Lipinski definition) is 1. The summed E-state index contributed by atoms with van der Waals surface area (Å²) >= 11 is 5.89. The monoisotopic (exact) mass is 446 g/mol. The molecule has 0 unspecified atom stereocenters. The summed E-state index contributed by atoms with van der Waals surface area (Å²) in [5, 5.41) is 16.0. The van der Waals surface area contributed by atoms with Gasteiger partial charge in [-0.25, -0.2) is 4.98 Å². The highest BCUT2D eigenvalue weighted by Gasteiger charge is 2.26. The number of aromatic nitrogens is 2. The van der Waals surface area contributed by atoms with Gasteiger partial charge in [-0.15, -0.1) is 0 Å². The van der Waals surface area contributed by atoms with Crippen molar-refractivity contribution >= 4 is 45.7 Å². The van der Waals surface area contributed by atoms with Gasteiger partial charge in [-0.2, -0.15) is 4.73 Å². The van der Waals surface area contributed by atoms with Gasteiger partial charge in [-0.05, 0) is 30.3 Å². The first-order valence-electron chi connectivity index (χ1n) is 9.81. The molecular formula is C24H19ClN4O3. The number of nitrogens with zero attached hydrogens (tertiary/aromatic N) is 3. The van der Waals surface area contributed by atoms with E-state index in [0.717, 1.165) is 0 Å². The molecule has 0 fully saturated rings. The first-order chi connectivity index (χ1) is 15.4. The van der Waals surface area contributed by atoms with Gasteiger partial charge in [0.25, 0.3) is 0 Å². The average molecular weight is 447 g/mol. The van der Waals surface area contributed by atoms with Gasteiger partial charge in [-0.3, -0.25) is 9.59 Å². The van der Waals surface area contributed by atoms with E-state index in [2.05, 4.69) is 10.3 Å². The molecule has 1 N–H and O–H groups in total. The number of hydrogen-bond acceptors (Lipinski definition) is 5. The van der Waals surface area contributed by atoms with Crippen molar-refractivity contribution in [3.05, 3.63) is 100 Å². The number of carbonyl (C=O) groups is 2. The molecule has 0 saturated heterocycles. The minimum atomic E-state index is -0.331. The number of nitrogens with one attached hydrogen (secondary N) is 1. The zero-order valence-corrected chi connectivity index (χ0v) is 17.9. The summed E-state index contributed by atoms with van der Waals surface area (Å²) in [6.07, 6.45) is 2.78. The third-order valence-corrected chi connectivity index (χ3v) is 5.17. The Kier molecular flexibility index (Phi) is 6.00. The van der Waals surface area contributed by atoms with Crippen LogP contribution in [0.25, 0.3) is 11.0 Å². The fraction of sp³-hybridized carbons (Fsp3) is 0.0833. The maximum Gasteiger partial charge on any atom is 0.244 e. The molecule has 0 aliphatic heterocycles. The number of likely N-dealkylation sites (N-methyl/N-ethyl adjacent to an activating group) is 1. The molecule has 0 spiro atoms. The Morgan fingerprint density at radius 1 is 1.06 bits per heavy atom. The van der Waals surface area contributed by atoms with Crippen LogP contribution in [0.1, 0.15) is 15.9 Å². The lowest BCUT2D eigenvalue weighted by Gasteiger charge is -2.22. The fourth-order valence-electron chi connectivity index (χ4n) is 3.46. The number of pyridine rings is 2. The van der Waals surface area contributed by atoms with Crippen molar-refractivity contribution in [2.75, 3.05) is 23.8 Å². The highest BCUT2D eigenvalue weighted by molar-refractivity contribution is 6.30. The normalized spacial score (nSPS) is 10.7. The number of anilines is 2. The molecule has 1 amide bonds. The van der Waals surface area contributed by atoms with E-state index in [1.807, 2.05) is 0 Å². The molecule has 0 radical (unpaired) electrons. The predicted octanol–water partition coefficient (Wildman–Crippen LogP) is 3.83. The molecule has 0 aliphatic rings. The minimum Gasteiger partial charge on any atom is -0.618 e. The Labute approximate surface area is 189 Å². The number of rotatable bonds is 6. The maximum atomic E-state index is 13.3. The molecule has 0 aliphatic carbocycles. The smallest absolute Gasteiger partial charge is 0.244 e. The van der Waals surface area contributed by atoms with Gasteiger partial charge in [0.15, 0.2) is 11.7 Å². The molecule has 2 aromatic carbocycles. The van der Waals surface area contributed by atoms with E-state index in [0.29, 0.717) is 37.7 Å². The Bertz CT molecular complexity index is 1290. The second kappa shape index (κ2) is 9.03. The lowest BCUT2D eigenvalue weighted by atomic mass is 10.0. The van der Waals surface area contributed by atoms with Crippen molar-refractivity contribution in [1.29, 1.82) is 0 Å². The SMILES string of the molecule is CN(CC(=O)Nc1ccc(Cl)cc1)c1c(C(=O)c2ccccc2)c[n+]([O-])c2cccnc12. The van der Waals surface area contributed by atoms with Crippen LogP contribution in [-0.4, -0.2) is 30.3 Å². The van der Waals surface area contributed by atoms with E-state index in [1.54, 1.807) is 84.9 Å². The van der Waals surface area contributed by atoms with Crippen LogP contribution in [0.5, 0.6) is 0 Å². The van der Waals surface area contributed by atoms with Gasteiger partial charge in [0.2, 0.25) is 17.2 Å². The molecule has 32 heavy (non-hydrogen) atoms. The topological polar surface area (TPSA) is 89.2 Å². The first-order valence-corrected chi connectivity index (χ1v) is 10.2. The molecule has 2 aromatic heterocycles. The van der Waals surface area contributed by atoms with E-state index >= 15 is 0 Å². The number of amides is 1. The standard InChI is InChI=1S/C24H19ClN4O3/c1-28(15-21(30)27-18-11-9-17(25)10-12-18)23-19(24(31)16-6-3-2-4-7-16)14-29(32)20-8-5-13-26-22(20)23/h2-14H,15H2,1H3,(H,27,30). The van der Waals surface area contributed by atoms with Gasteiger partial charge < -0.3 is 15.4 Å². The Morgan fingerprint density at radius 2 is 1.78 bits per heavy atom. The summed E-state index contributed by atoms with van der Waals surface area (Å²) in [6, 6.07) is 18.7. The van der Waals surface area contributed by atoms with Crippen LogP contribution in [0, 0.1) is 5.21 Å². The van der Waals surface area contributed by atoms with Crippen LogP contribution in [0.3, 0.4) is 0 Å². The zero-order chi connectivity index (χ0) is 22.7. The second-order valence-electron chi connectivity index (χ2n) is 7.19. The van der Waals surface area contributed by atoms with Crippen LogP contribution in [-0.2, 0) is 4.79 Å². The first kappa shape index (κ1) is 21.3. The second-order valence-corrected chi connectivity index (χ2v) is 7.63. The highest BCUT2D eigenvalue weighted by atomic mass is 35.5. The lowest BCUT2D eigenvalue weighted by Crippen LogP contribution is -2.35. The molecule has 0 saturated carbocycles. The Morgan fingerprint density at radius 3 is 2.50 bits per heavy atom. The predicted molar refractivity (Wildman–Crippen MR) is 124 cm³/mol. The van der Waals surface area contributed by atoms with Crippen molar-refractivity contribution in [2.45, 2.75) is 0 Å². The van der Waals surface area contributed by atoms with Crippen LogP contribution in [0.15, 0.2) is 79.1 Å². The fourth-order valence-corrected chi connectivity index (χ4v) is 3.58. The van der Waals surface area contributed by atoms with E-state index in [-0.39, 0.29) is 23.8 Å². The molecule has 4 aromatic rings. The molecule has 4 rings (SSSR count). The molecule has 0 atom stereocenters. The average Bonchev–Trinajstić information content (AvgIpc) is 2.80. The highest BCUT2D eigenvalue weighted by Crippen LogP contribution is 2.28. The Balaban J connectivity index is 1.72. The number of fused-ring (bicyclic) bond motifs is 1. The van der Waals surface area contributed by atoms with E-state index < -0.39 is 0 Å². The van der Waals surface area contributed by atoms with Gasteiger partial charge in [0.1, 0.15) is 5.56 Å². The summed E-state index contributed by atoms with van der Waals surface area (Å²) < 4.78 is 0.629. The Hall–Kier alpha value is -3.97. The van der Waals surface area contributed by atoms with Crippen molar-refractivity contribution in [3.8, 4) is 0 Å². The molecule has 160 valence electrons. The summed E-state index contributed by atoms with van der Waals surface area (Å²) in [4.78, 5) is 31.9. The van der Waals surface area contributed by atoms with Crippen LogP contribution in [0.4, 0.5) is 11.4 Å². The maximum absolute atomic E-state index is 13.3. The van der Waals surface area contributed by atoms with Gasteiger partial charge in [0.05, 0.1) is 12.2 Å². The third-order valence-electron chi connectivity index (χ3n) is 4.92. The summed E-state index contributed by atoms with van der Waals surface area (Å²) in [5.74, 6) is -0.626. The van der Waals surface area contributed by atoms with Crippen LogP contribution < -0.4 is 14.9 Å². The quantitative estimate of drug-likeness (QED) is 0.276. The van der Waals surface area contributed by atoms with Crippen molar-refractivity contribution in [1.82, 2.24) is 4.98 Å². The summed E-state index contributed by atoms with van der Waals surface area (Å²) in [7, 11) is 1.68. The van der Waals surface area contributed by atoms with Crippen molar-refractivity contribution in [2.24, 2.45) is 0 Å². The van der Waals surface area contributed by atoms with Crippen molar-refractivity contribution < 1.29 is 14.3 Å². The van der Waals surface area contributed by atoms with Gasteiger partial charge >= 0.3 is 0 Å². The van der Waals surface area contributed by atoms with Gasteiger partial charge in [0, 0.05) is 35.6 Å².